The summed E-state index contributed by atoms with van der Waals surface area (Å²) in [5.74, 6) is -0.402. The predicted octanol–water partition coefficient (Wildman–Crippen LogP) is 5.55. The molecule has 1 aliphatic heterocycles. The fraction of sp³-hybridized carbons (Fsp3) is 0.308. The van der Waals surface area contributed by atoms with Gasteiger partial charge in [-0.05, 0) is 61.5 Å². The second-order valence-corrected chi connectivity index (χ2v) is 8.95. The molecule has 33 heavy (non-hydrogen) atoms. The average molecular weight is 453 g/mol. The van der Waals surface area contributed by atoms with E-state index in [1.165, 1.54) is 24.3 Å². The Bertz CT molecular complexity index is 1180. The zero-order valence-corrected chi connectivity index (χ0v) is 18.8. The summed E-state index contributed by atoms with van der Waals surface area (Å²) in [6.07, 6.45) is 3.12. The minimum Gasteiger partial charge on any atom is -0.458 e. The molecule has 0 bridgehead atoms. The molecule has 0 aliphatic carbocycles. The number of nitrogens with zero attached hydrogens (tertiary/aromatic N) is 2. The first kappa shape index (κ1) is 22.9. The number of aromatic nitrogens is 2. The first-order chi connectivity index (χ1) is 15.6. The molecule has 4 rings (SSSR count). The molecule has 1 aromatic heterocycles. The molecule has 172 valence electrons. The normalized spacial score (nSPS) is 21.1. The summed E-state index contributed by atoms with van der Waals surface area (Å²) in [4.78, 5) is 16.8. The number of rotatable bonds is 5. The van der Waals surface area contributed by atoms with Crippen molar-refractivity contribution in [3.8, 4) is 22.5 Å². The van der Waals surface area contributed by atoms with E-state index in [9.17, 15) is 18.7 Å². The Balaban J connectivity index is 1.86. The van der Waals surface area contributed by atoms with Gasteiger partial charge in [0.15, 0.2) is 0 Å². The first-order valence-corrected chi connectivity index (χ1v) is 10.9. The van der Waals surface area contributed by atoms with E-state index in [-0.39, 0.29) is 30.4 Å². The van der Waals surface area contributed by atoms with Gasteiger partial charge < -0.3 is 14.4 Å². The van der Waals surface area contributed by atoms with Gasteiger partial charge in [-0.1, -0.05) is 13.8 Å². The molecule has 1 N–H and O–H groups in total. The lowest BCUT2D eigenvalue weighted by Gasteiger charge is -2.31. The van der Waals surface area contributed by atoms with Crippen LogP contribution in [0.2, 0.25) is 0 Å². The van der Waals surface area contributed by atoms with Crippen molar-refractivity contribution in [3.63, 3.8) is 0 Å². The highest BCUT2D eigenvalue weighted by Crippen LogP contribution is 2.36. The maximum Gasteiger partial charge on any atom is 0.309 e. The number of imidazole rings is 1. The number of ether oxygens (including phenoxy) is 1. The number of aliphatic hydroxyl groups is 1. The second kappa shape index (κ2) is 8.90. The van der Waals surface area contributed by atoms with Crippen LogP contribution in [0.4, 0.5) is 8.78 Å². The molecule has 2 atom stereocenters. The van der Waals surface area contributed by atoms with Gasteiger partial charge in [-0.15, -0.1) is 0 Å². The summed E-state index contributed by atoms with van der Waals surface area (Å²) < 4.78 is 34.5. The Morgan fingerprint density at radius 2 is 1.67 bits per heavy atom. The van der Waals surface area contributed by atoms with Gasteiger partial charge in [0.25, 0.3) is 0 Å². The van der Waals surface area contributed by atoms with Crippen LogP contribution in [0.1, 0.15) is 45.4 Å². The summed E-state index contributed by atoms with van der Waals surface area (Å²) >= 11 is 0. The number of halogens is 2. The van der Waals surface area contributed by atoms with E-state index in [0.29, 0.717) is 11.4 Å². The molecule has 1 aliphatic rings. The number of cyclic esters (lactones) is 1. The number of carbonyl (C=O) groups is 1. The van der Waals surface area contributed by atoms with Crippen molar-refractivity contribution in [1.29, 1.82) is 0 Å². The fourth-order valence-corrected chi connectivity index (χ4v) is 4.06. The van der Waals surface area contributed by atoms with E-state index in [1.807, 2.05) is 18.4 Å². The molecule has 0 saturated carbocycles. The number of carbonyl (C=O) groups excluding carboxylic acids is 1. The molecule has 5 nitrogen and oxygen atoms in total. The van der Waals surface area contributed by atoms with Crippen LogP contribution in [0.25, 0.3) is 28.7 Å². The van der Waals surface area contributed by atoms with E-state index in [1.54, 1.807) is 43.5 Å². The van der Waals surface area contributed by atoms with Crippen LogP contribution in [-0.2, 0) is 9.53 Å². The third-order valence-electron chi connectivity index (χ3n) is 5.59. The molecule has 3 aromatic rings. The summed E-state index contributed by atoms with van der Waals surface area (Å²) in [5.41, 5.74) is 1.64. The van der Waals surface area contributed by atoms with Gasteiger partial charge in [0.1, 0.15) is 23.6 Å². The molecule has 7 heteroatoms. The van der Waals surface area contributed by atoms with Crippen molar-refractivity contribution in [1.82, 2.24) is 9.55 Å². The zero-order valence-electron chi connectivity index (χ0n) is 18.8. The van der Waals surface area contributed by atoms with Crippen molar-refractivity contribution < 1.29 is 23.4 Å². The highest BCUT2D eigenvalue weighted by molar-refractivity contribution is 5.81. The number of esters is 1. The van der Waals surface area contributed by atoms with E-state index in [4.69, 9.17) is 9.72 Å². The van der Waals surface area contributed by atoms with E-state index in [0.717, 1.165) is 17.0 Å². The quantitative estimate of drug-likeness (QED) is 0.516. The maximum absolute atomic E-state index is 13.7. The van der Waals surface area contributed by atoms with Gasteiger partial charge in [-0.25, -0.2) is 13.8 Å². The molecule has 2 heterocycles. The molecule has 2 aromatic carbocycles. The number of hydrogen-bond acceptors (Lipinski definition) is 4. The first-order valence-electron chi connectivity index (χ1n) is 10.9. The van der Waals surface area contributed by atoms with Gasteiger partial charge in [0, 0.05) is 29.7 Å². The summed E-state index contributed by atoms with van der Waals surface area (Å²) in [6.45, 7) is 5.61. The van der Waals surface area contributed by atoms with Crippen LogP contribution >= 0.6 is 0 Å². The molecular weight excluding hydrogens is 426 g/mol. The fourth-order valence-electron chi connectivity index (χ4n) is 4.06. The minimum absolute atomic E-state index is 0.0278. The van der Waals surface area contributed by atoms with Crippen molar-refractivity contribution in [2.24, 2.45) is 0 Å². The van der Waals surface area contributed by atoms with Gasteiger partial charge in [0.2, 0.25) is 0 Å². The summed E-state index contributed by atoms with van der Waals surface area (Å²) in [7, 11) is 0. The van der Waals surface area contributed by atoms with Gasteiger partial charge >= 0.3 is 5.97 Å². The molecule has 0 radical (unpaired) electrons. The Morgan fingerprint density at radius 1 is 1.09 bits per heavy atom. The van der Waals surface area contributed by atoms with Gasteiger partial charge in [-0.2, -0.15) is 0 Å². The lowest BCUT2D eigenvalue weighted by molar-refractivity contribution is -0.163. The van der Waals surface area contributed by atoms with E-state index in [2.05, 4.69) is 0 Å². The Labute approximate surface area is 191 Å². The molecule has 0 unspecified atom stereocenters. The lowest BCUT2D eigenvalue weighted by Crippen LogP contribution is -2.40. The van der Waals surface area contributed by atoms with E-state index >= 15 is 0 Å². The maximum atomic E-state index is 13.7. The van der Waals surface area contributed by atoms with Crippen molar-refractivity contribution in [2.75, 3.05) is 0 Å². The van der Waals surface area contributed by atoms with Gasteiger partial charge in [-0.3, -0.25) is 4.79 Å². The van der Waals surface area contributed by atoms with Crippen molar-refractivity contribution >= 4 is 12.2 Å². The second-order valence-electron chi connectivity index (χ2n) is 8.95. The number of benzene rings is 2. The Hall–Kier alpha value is -3.32. The lowest BCUT2D eigenvalue weighted by atomic mass is 9.92. The topological polar surface area (TPSA) is 64.3 Å². The third-order valence-corrected chi connectivity index (χ3v) is 5.59. The molecule has 0 spiro atoms. The Morgan fingerprint density at radius 3 is 2.21 bits per heavy atom. The van der Waals surface area contributed by atoms with E-state index < -0.39 is 17.7 Å². The minimum atomic E-state index is -1.14. The SMILES string of the molecule is CC(C)c1nc(-c2ccc(F)cc2)c(-c2ccc(F)cc2)n1C=C[C@@H]1C[C@](C)(O)CC(=O)O1. The highest BCUT2D eigenvalue weighted by atomic mass is 19.1. The number of hydrogen-bond donors (Lipinski definition) is 1. The zero-order chi connectivity index (χ0) is 23.8. The average Bonchev–Trinajstić information content (AvgIpc) is 3.12. The van der Waals surface area contributed by atoms with Crippen LogP contribution in [0.5, 0.6) is 0 Å². The largest absolute Gasteiger partial charge is 0.458 e. The van der Waals surface area contributed by atoms with Crippen LogP contribution in [0.3, 0.4) is 0 Å². The molecule has 1 saturated heterocycles. The Kier molecular flexibility index (Phi) is 6.17. The molecular formula is C26H26F2N2O3. The van der Waals surface area contributed by atoms with Crippen LogP contribution in [-0.4, -0.2) is 32.3 Å². The predicted molar refractivity (Wildman–Crippen MR) is 122 cm³/mol. The van der Waals surface area contributed by atoms with Crippen LogP contribution in [0.15, 0.2) is 54.6 Å². The highest BCUT2D eigenvalue weighted by Gasteiger charge is 2.35. The third kappa shape index (κ3) is 5.03. The van der Waals surface area contributed by atoms with Crippen molar-refractivity contribution in [3.05, 3.63) is 72.1 Å². The monoisotopic (exact) mass is 452 g/mol. The van der Waals surface area contributed by atoms with Crippen molar-refractivity contribution in [2.45, 2.75) is 51.2 Å². The molecule has 0 amide bonds. The standard InChI is InChI=1S/C26H26F2N2O3/c1-16(2)25-29-23(17-4-8-19(27)9-5-17)24(18-6-10-20(28)11-7-18)30(25)13-12-21-14-26(3,32)15-22(31)33-21/h4-13,16,21,32H,14-15H2,1-3H3/t21-,26+/m1/s1. The molecule has 1 fully saturated rings. The summed E-state index contributed by atoms with van der Waals surface area (Å²) in [5, 5.41) is 10.4. The van der Waals surface area contributed by atoms with Crippen LogP contribution in [0, 0.1) is 11.6 Å². The van der Waals surface area contributed by atoms with Gasteiger partial charge in [0.05, 0.1) is 23.4 Å². The smallest absolute Gasteiger partial charge is 0.309 e. The summed E-state index contributed by atoms with van der Waals surface area (Å²) in [6, 6.07) is 12.1. The van der Waals surface area contributed by atoms with Crippen LogP contribution < -0.4 is 0 Å².